The second-order valence-electron chi connectivity index (χ2n) is 6.29. The van der Waals surface area contributed by atoms with Crippen molar-refractivity contribution in [2.24, 2.45) is 0 Å². The molecule has 0 amide bonds. The third kappa shape index (κ3) is 4.02. The predicted molar refractivity (Wildman–Crippen MR) is 94.9 cm³/mol. The molecule has 3 heteroatoms. The minimum Gasteiger partial charge on any atom is -0.460 e. The van der Waals surface area contributed by atoms with E-state index in [9.17, 15) is 0 Å². The summed E-state index contributed by atoms with van der Waals surface area (Å²) in [6.07, 6.45) is 8.12. The van der Waals surface area contributed by atoms with Crippen LogP contribution in [-0.4, -0.2) is 6.04 Å². The van der Waals surface area contributed by atoms with Crippen LogP contribution in [0.15, 0.2) is 39.2 Å². The van der Waals surface area contributed by atoms with Gasteiger partial charge < -0.3 is 9.73 Å². The molecule has 0 saturated heterocycles. The molecule has 0 atom stereocenters. The Morgan fingerprint density at radius 1 is 1.09 bits per heavy atom. The molecular weight excluding hydrogens is 338 g/mol. The van der Waals surface area contributed by atoms with Crippen LogP contribution in [0.3, 0.4) is 0 Å². The molecule has 1 N–H and O–H groups in total. The molecule has 22 heavy (non-hydrogen) atoms. The Morgan fingerprint density at radius 2 is 1.86 bits per heavy atom. The van der Waals surface area contributed by atoms with Crippen LogP contribution in [0, 0.1) is 6.92 Å². The van der Waals surface area contributed by atoms with Gasteiger partial charge in [-0.25, -0.2) is 0 Å². The fourth-order valence-electron chi connectivity index (χ4n) is 3.25. The van der Waals surface area contributed by atoms with E-state index >= 15 is 0 Å². The molecule has 3 rings (SSSR count). The minimum atomic E-state index is 0.658. The molecule has 0 radical (unpaired) electrons. The molecule has 118 valence electrons. The molecule has 1 heterocycles. The summed E-state index contributed by atoms with van der Waals surface area (Å²) in [6.45, 7) is 2.95. The van der Waals surface area contributed by atoms with E-state index in [1.807, 2.05) is 0 Å². The molecular formula is C19H24BrNO. The first-order valence-corrected chi connectivity index (χ1v) is 9.10. The number of benzene rings is 1. The lowest BCUT2D eigenvalue weighted by atomic mass is 10.1. The van der Waals surface area contributed by atoms with Crippen LogP contribution in [0.25, 0.3) is 11.3 Å². The Balaban J connectivity index is 1.63. The molecule has 1 aliphatic rings. The Hall–Kier alpha value is -1.06. The maximum atomic E-state index is 6.03. The zero-order valence-corrected chi connectivity index (χ0v) is 14.8. The van der Waals surface area contributed by atoms with Crippen molar-refractivity contribution in [1.29, 1.82) is 0 Å². The summed E-state index contributed by atoms with van der Waals surface area (Å²) in [5, 5.41) is 3.67. The van der Waals surface area contributed by atoms with Crippen molar-refractivity contribution in [3.63, 3.8) is 0 Å². The van der Waals surface area contributed by atoms with Crippen molar-refractivity contribution >= 4 is 15.9 Å². The van der Waals surface area contributed by atoms with Crippen molar-refractivity contribution in [1.82, 2.24) is 5.32 Å². The summed E-state index contributed by atoms with van der Waals surface area (Å²) in [5.74, 6) is 1.99. The molecule has 1 fully saturated rings. The van der Waals surface area contributed by atoms with Crippen LogP contribution < -0.4 is 5.32 Å². The van der Waals surface area contributed by atoms with Gasteiger partial charge in [-0.05, 0) is 55.7 Å². The van der Waals surface area contributed by atoms with Gasteiger partial charge in [-0.1, -0.05) is 41.6 Å². The van der Waals surface area contributed by atoms with Gasteiger partial charge in [0.25, 0.3) is 0 Å². The highest BCUT2D eigenvalue weighted by molar-refractivity contribution is 9.10. The summed E-state index contributed by atoms with van der Waals surface area (Å²) < 4.78 is 7.14. The average Bonchev–Trinajstić information content (AvgIpc) is 2.80. The van der Waals surface area contributed by atoms with Crippen LogP contribution in [0.1, 0.15) is 49.8 Å². The van der Waals surface area contributed by atoms with E-state index in [0.29, 0.717) is 6.04 Å². The molecule has 2 nitrogen and oxygen atoms in total. The summed E-state index contributed by atoms with van der Waals surface area (Å²) >= 11 is 3.51. The van der Waals surface area contributed by atoms with Gasteiger partial charge in [0, 0.05) is 16.1 Å². The van der Waals surface area contributed by atoms with Crippen LogP contribution in [0.2, 0.25) is 0 Å². The highest BCUT2D eigenvalue weighted by Gasteiger charge is 2.13. The number of hydrogen-bond donors (Lipinski definition) is 1. The van der Waals surface area contributed by atoms with Crippen LogP contribution in [0.5, 0.6) is 0 Å². The maximum Gasteiger partial charge on any atom is 0.134 e. The van der Waals surface area contributed by atoms with Gasteiger partial charge in [0.05, 0.1) is 6.54 Å². The van der Waals surface area contributed by atoms with Gasteiger partial charge in [0.15, 0.2) is 0 Å². The van der Waals surface area contributed by atoms with E-state index in [1.54, 1.807) is 0 Å². The third-order valence-electron chi connectivity index (χ3n) is 4.54. The van der Waals surface area contributed by atoms with Crippen molar-refractivity contribution in [3.8, 4) is 11.3 Å². The van der Waals surface area contributed by atoms with Crippen LogP contribution >= 0.6 is 15.9 Å². The molecule has 2 aromatic rings. The normalized spacial score (nSPS) is 16.6. The summed E-state index contributed by atoms with van der Waals surface area (Å²) in [4.78, 5) is 0. The molecule has 1 saturated carbocycles. The fourth-order valence-corrected chi connectivity index (χ4v) is 3.73. The van der Waals surface area contributed by atoms with Gasteiger partial charge in [0.1, 0.15) is 11.5 Å². The second kappa shape index (κ2) is 7.47. The first-order chi connectivity index (χ1) is 10.7. The van der Waals surface area contributed by atoms with Crippen LogP contribution in [0.4, 0.5) is 0 Å². The summed E-state index contributed by atoms with van der Waals surface area (Å²) in [6, 6.07) is 11.1. The molecule has 0 unspecified atom stereocenters. The predicted octanol–water partition coefficient (Wildman–Crippen LogP) is 5.83. The minimum absolute atomic E-state index is 0.658. The van der Waals surface area contributed by atoms with Gasteiger partial charge in [0.2, 0.25) is 0 Å². The summed E-state index contributed by atoms with van der Waals surface area (Å²) in [5.41, 5.74) is 2.40. The van der Waals surface area contributed by atoms with E-state index in [2.05, 4.69) is 58.5 Å². The van der Waals surface area contributed by atoms with Gasteiger partial charge >= 0.3 is 0 Å². The number of nitrogens with one attached hydrogen (secondary N) is 1. The number of halogens is 1. The van der Waals surface area contributed by atoms with E-state index in [1.165, 1.54) is 49.7 Å². The van der Waals surface area contributed by atoms with Crippen LogP contribution in [-0.2, 0) is 6.54 Å². The number of hydrogen-bond acceptors (Lipinski definition) is 2. The zero-order chi connectivity index (χ0) is 15.4. The lowest BCUT2D eigenvalue weighted by Gasteiger charge is -2.14. The number of rotatable bonds is 4. The van der Waals surface area contributed by atoms with Gasteiger partial charge in [-0.15, -0.1) is 0 Å². The number of furan rings is 1. The highest BCUT2D eigenvalue weighted by Crippen LogP contribution is 2.28. The van der Waals surface area contributed by atoms with E-state index < -0.39 is 0 Å². The van der Waals surface area contributed by atoms with Crippen molar-refractivity contribution in [2.45, 2.75) is 58.0 Å². The standard InChI is InChI=1S/C19H24BrNO/c1-14-12-15(20)8-10-18(14)19-11-9-17(22-19)13-21-16-6-4-2-3-5-7-16/h8-12,16,21H,2-7,13H2,1H3. The lowest BCUT2D eigenvalue weighted by molar-refractivity contribution is 0.420. The molecule has 0 bridgehead atoms. The van der Waals surface area contributed by atoms with E-state index in [0.717, 1.165) is 22.5 Å². The van der Waals surface area contributed by atoms with Gasteiger partial charge in [-0.2, -0.15) is 0 Å². The Labute approximate surface area is 141 Å². The fraction of sp³-hybridized carbons (Fsp3) is 0.474. The topological polar surface area (TPSA) is 25.2 Å². The molecule has 1 aromatic carbocycles. The second-order valence-corrected chi connectivity index (χ2v) is 7.21. The number of aryl methyl sites for hydroxylation is 1. The van der Waals surface area contributed by atoms with Crippen molar-refractivity contribution in [3.05, 3.63) is 46.1 Å². The van der Waals surface area contributed by atoms with Gasteiger partial charge in [-0.3, -0.25) is 0 Å². The first kappa shape index (κ1) is 15.8. The monoisotopic (exact) mass is 361 g/mol. The first-order valence-electron chi connectivity index (χ1n) is 8.31. The quantitative estimate of drug-likeness (QED) is 0.692. The Kier molecular flexibility index (Phi) is 5.37. The Morgan fingerprint density at radius 3 is 2.59 bits per heavy atom. The molecule has 0 aliphatic heterocycles. The molecule has 0 spiro atoms. The lowest BCUT2D eigenvalue weighted by Crippen LogP contribution is -2.27. The molecule has 1 aromatic heterocycles. The third-order valence-corrected chi connectivity index (χ3v) is 5.03. The zero-order valence-electron chi connectivity index (χ0n) is 13.2. The SMILES string of the molecule is Cc1cc(Br)ccc1-c1ccc(CNC2CCCCCC2)o1. The van der Waals surface area contributed by atoms with Crippen molar-refractivity contribution < 1.29 is 4.42 Å². The van der Waals surface area contributed by atoms with E-state index in [-0.39, 0.29) is 0 Å². The Bertz CT molecular complexity index is 612. The summed E-state index contributed by atoms with van der Waals surface area (Å²) in [7, 11) is 0. The smallest absolute Gasteiger partial charge is 0.134 e. The maximum absolute atomic E-state index is 6.03. The van der Waals surface area contributed by atoms with Crippen molar-refractivity contribution in [2.75, 3.05) is 0 Å². The highest BCUT2D eigenvalue weighted by atomic mass is 79.9. The van der Waals surface area contributed by atoms with E-state index in [4.69, 9.17) is 4.42 Å². The average molecular weight is 362 g/mol. The molecule has 1 aliphatic carbocycles. The largest absolute Gasteiger partial charge is 0.460 e.